The maximum atomic E-state index is 13.2. The lowest BCUT2D eigenvalue weighted by Crippen LogP contribution is -2.31. The molecule has 1 saturated carbocycles. The molecule has 1 aliphatic rings. The van der Waals surface area contributed by atoms with Crippen LogP contribution in [0.4, 0.5) is 10.1 Å². The molecule has 0 unspecified atom stereocenters. The van der Waals surface area contributed by atoms with Gasteiger partial charge in [-0.25, -0.2) is 4.39 Å². The van der Waals surface area contributed by atoms with Gasteiger partial charge >= 0.3 is 0 Å². The predicted octanol–water partition coefficient (Wildman–Crippen LogP) is 2.84. The van der Waals surface area contributed by atoms with E-state index >= 15 is 0 Å². The first kappa shape index (κ1) is 12.3. The molecule has 2 nitrogen and oxygen atoms in total. The lowest BCUT2D eigenvalue weighted by atomic mass is 10.1. The third kappa shape index (κ3) is 2.57. The average molecular weight is 252 g/mol. The molecule has 0 heterocycles. The van der Waals surface area contributed by atoms with Crippen molar-refractivity contribution in [2.24, 2.45) is 5.73 Å². The van der Waals surface area contributed by atoms with E-state index < -0.39 is 0 Å². The van der Waals surface area contributed by atoms with E-state index in [4.69, 9.17) is 18.0 Å². The van der Waals surface area contributed by atoms with Crippen molar-refractivity contribution >= 4 is 22.9 Å². The second-order valence-electron chi connectivity index (χ2n) is 4.57. The molecule has 1 aliphatic carbocycles. The summed E-state index contributed by atoms with van der Waals surface area (Å²) < 4.78 is 13.2. The predicted molar refractivity (Wildman–Crippen MR) is 72.9 cm³/mol. The van der Waals surface area contributed by atoms with Crippen LogP contribution in [0.15, 0.2) is 18.2 Å². The minimum absolute atomic E-state index is 0.254. The maximum absolute atomic E-state index is 13.2. The molecule has 0 bridgehead atoms. The molecule has 2 rings (SSSR count). The highest BCUT2D eigenvalue weighted by atomic mass is 32.1. The van der Waals surface area contributed by atoms with Gasteiger partial charge in [0.05, 0.1) is 0 Å². The maximum Gasteiger partial charge on any atom is 0.124 e. The Balaban J connectivity index is 2.33. The van der Waals surface area contributed by atoms with Crippen LogP contribution in [-0.2, 0) is 0 Å². The van der Waals surface area contributed by atoms with Crippen molar-refractivity contribution in [3.8, 4) is 0 Å². The van der Waals surface area contributed by atoms with E-state index in [0.29, 0.717) is 11.6 Å². The highest BCUT2D eigenvalue weighted by Crippen LogP contribution is 2.29. The fraction of sp³-hybridized carbons (Fsp3) is 0.462. The first-order chi connectivity index (χ1) is 8.09. The Labute approximate surface area is 107 Å². The third-order valence-corrected chi connectivity index (χ3v) is 3.70. The van der Waals surface area contributed by atoms with Crippen LogP contribution in [0.25, 0.3) is 0 Å². The fourth-order valence-electron chi connectivity index (χ4n) is 2.50. The van der Waals surface area contributed by atoms with E-state index in [9.17, 15) is 4.39 Å². The van der Waals surface area contributed by atoms with Gasteiger partial charge in [-0.2, -0.15) is 0 Å². The van der Waals surface area contributed by atoms with Crippen molar-refractivity contribution in [2.75, 3.05) is 11.9 Å². The molecule has 17 heavy (non-hydrogen) atoms. The topological polar surface area (TPSA) is 29.3 Å². The molecule has 0 spiro atoms. The first-order valence-electron chi connectivity index (χ1n) is 5.92. The molecule has 0 aliphatic heterocycles. The quantitative estimate of drug-likeness (QED) is 0.839. The Morgan fingerprint density at radius 2 is 2.06 bits per heavy atom. The number of anilines is 1. The monoisotopic (exact) mass is 252 g/mol. The van der Waals surface area contributed by atoms with Crippen molar-refractivity contribution in [3.05, 3.63) is 29.6 Å². The van der Waals surface area contributed by atoms with Crippen LogP contribution >= 0.6 is 12.2 Å². The SMILES string of the molecule is CN(c1ccc(F)cc1C(N)=S)C1CCCC1. The molecule has 4 heteroatoms. The van der Waals surface area contributed by atoms with Gasteiger partial charge in [-0.05, 0) is 31.0 Å². The van der Waals surface area contributed by atoms with Crippen LogP contribution in [0.1, 0.15) is 31.2 Å². The lowest BCUT2D eigenvalue weighted by Gasteiger charge is -2.28. The Hall–Kier alpha value is -1.16. The number of thiocarbonyl (C=S) groups is 1. The van der Waals surface area contributed by atoms with Crippen molar-refractivity contribution < 1.29 is 4.39 Å². The molecule has 1 aromatic carbocycles. The molecular formula is C13H17FN2S. The second kappa shape index (κ2) is 5.00. The highest BCUT2D eigenvalue weighted by Gasteiger charge is 2.22. The summed E-state index contributed by atoms with van der Waals surface area (Å²) in [5, 5.41) is 0. The molecule has 0 atom stereocenters. The zero-order chi connectivity index (χ0) is 12.4. The van der Waals surface area contributed by atoms with Gasteiger partial charge in [0.25, 0.3) is 0 Å². The molecule has 1 fully saturated rings. The normalized spacial score (nSPS) is 16.1. The van der Waals surface area contributed by atoms with Gasteiger partial charge < -0.3 is 10.6 Å². The number of nitrogens with two attached hydrogens (primary N) is 1. The number of nitrogens with zero attached hydrogens (tertiary/aromatic N) is 1. The van der Waals surface area contributed by atoms with Crippen molar-refractivity contribution in [1.82, 2.24) is 0 Å². The summed E-state index contributed by atoms with van der Waals surface area (Å²) in [6, 6.07) is 5.17. The molecule has 1 aromatic rings. The van der Waals surface area contributed by atoms with E-state index in [1.807, 2.05) is 7.05 Å². The van der Waals surface area contributed by atoms with Crippen molar-refractivity contribution in [3.63, 3.8) is 0 Å². The number of halogens is 1. The number of hydrogen-bond acceptors (Lipinski definition) is 2. The van der Waals surface area contributed by atoms with Crippen LogP contribution in [0.3, 0.4) is 0 Å². The molecule has 92 valence electrons. The third-order valence-electron chi connectivity index (χ3n) is 3.48. The minimum atomic E-state index is -0.295. The van der Waals surface area contributed by atoms with Crippen LogP contribution in [-0.4, -0.2) is 18.1 Å². The standard InChI is InChI=1S/C13H17FN2S/c1-16(10-4-2-3-5-10)12-7-6-9(14)8-11(12)13(15)17/h6-8,10H,2-5H2,1H3,(H2,15,17). The number of hydrogen-bond donors (Lipinski definition) is 1. The first-order valence-corrected chi connectivity index (χ1v) is 6.32. The molecule has 0 amide bonds. The van der Waals surface area contributed by atoms with Gasteiger partial charge in [0.15, 0.2) is 0 Å². The summed E-state index contributed by atoms with van der Waals surface area (Å²) >= 11 is 4.99. The number of benzene rings is 1. The Morgan fingerprint density at radius 1 is 1.41 bits per heavy atom. The van der Waals surface area contributed by atoms with Gasteiger partial charge in [0, 0.05) is 24.3 Å². The van der Waals surface area contributed by atoms with E-state index in [0.717, 1.165) is 5.69 Å². The summed E-state index contributed by atoms with van der Waals surface area (Å²) in [5.41, 5.74) is 7.23. The van der Waals surface area contributed by atoms with Crippen LogP contribution in [0.5, 0.6) is 0 Å². The fourth-order valence-corrected chi connectivity index (χ4v) is 2.66. The van der Waals surface area contributed by atoms with Gasteiger partial charge in [-0.15, -0.1) is 0 Å². The summed E-state index contributed by atoms with van der Waals surface area (Å²) in [4.78, 5) is 2.44. The van der Waals surface area contributed by atoms with Gasteiger partial charge in [-0.3, -0.25) is 0 Å². The zero-order valence-electron chi connectivity index (χ0n) is 9.95. The van der Waals surface area contributed by atoms with E-state index in [-0.39, 0.29) is 10.8 Å². The van der Waals surface area contributed by atoms with Crippen LogP contribution in [0.2, 0.25) is 0 Å². The largest absolute Gasteiger partial charge is 0.389 e. The Kier molecular flexibility index (Phi) is 3.62. The van der Waals surface area contributed by atoms with Gasteiger partial charge in [0.1, 0.15) is 10.8 Å². The summed E-state index contributed by atoms with van der Waals surface area (Å²) in [7, 11) is 2.03. The van der Waals surface area contributed by atoms with Crippen LogP contribution in [0, 0.1) is 5.82 Å². The summed E-state index contributed by atoms with van der Waals surface area (Å²) in [5.74, 6) is -0.295. The minimum Gasteiger partial charge on any atom is -0.389 e. The van der Waals surface area contributed by atoms with Gasteiger partial charge in [0.2, 0.25) is 0 Å². The van der Waals surface area contributed by atoms with E-state index in [2.05, 4.69) is 4.90 Å². The molecular weight excluding hydrogens is 235 g/mol. The van der Waals surface area contributed by atoms with Gasteiger partial charge in [-0.1, -0.05) is 25.1 Å². The molecule has 0 aromatic heterocycles. The van der Waals surface area contributed by atoms with Crippen LogP contribution < -0.4 is 10.6 Å². The smallest absolute Gasteiger partial charge is 0.124 e. The highest BCUT2D eigenvalue weighted by molar-refractivity contribution is 7.80. The second-order valence-corrected chi connectivity index (χ2v) is 5.01. The molecule has 0 radical (unpaired) electrons. The van der Waals surface area contributed by atoms with E-state index in [1.165, 1.54) is 37.8 Å². The van der Waals surface area contributed by atoms with E-state index in [1.54, 1.807) is 6.07 Å². The number of rotatable bonds is 3. The summed E-state index contributed by atoms with van der Waals surface area (Å²) in [6.07, 6.45) is 4.90. The Morgan fingerprint density at radius 3 is 2.65 bits per heavy atom. The zero-order valence-corrected chi connectivity index (χ0v) is 10.8. The Bertz CT molecular complexity index is 427. The van der Waals surface area contributed by atoms with Crippen molar-refractivity contribution in [1.29, 1.82) is 0 Å². The average Bonchev–Trinajstić information content (AvgIpc) is 2.81. The van der Waals surface area contributed by atoms with Crippen molar-refractivity contribution in [2.45, 2.75) is 31.7 Å². The molecule has 0 saturated heterocycles. The summed E-state index contributed by atoms with van der Waals surface area (Å²) in [6.45, 7) is 0. The molecule has 2 N–H and O–H groups in total. The lowest BCUT2D eigenvalue weighted by molar-refractivity contribution is 0.624.